The molecular weight excluding hydrogens is 418 g/mol. The molecule has 0 aliphatic heterocycles. The van der Waals surface area contributed by atoms with Crippen molar-refractivity contribution in [1.29, 1.82) is 0 Å². The van der Waals surface area contributed by atoms with Gasteiger partial charge in [-0.05, 0) is 68.2 Å². The highest BCUT2D eigenvalue weighted by Crippen LogP contribution is 2.27. The smallest absolute Gasteiger partial charge is 0.266 e. The minimum Gasteiger partial charge on any atom is -0.388 e. The molecule has 0 radical (unpaired) electrons. The van der Waals surface area contributed by atoms with E-state index in [1.165, 1.54) is 11.3 Å². The number of thiophene rings is 1. The fourth-order valence-corrected chi connectivity index (χ4v) is 3.47. The van der Waals surface area contributed by atoms with E-state index in [2.05, 4.69) is 67.0 Å². The molecule has 0 saturated carbocycles. The third kappa shape index (κ3) is 7.34. The number of aliphatic imine (C=N–C) groups is 1. The molecule has 0 aliphatic carbocycles. The fraction of sp³-hybridized carbons (Fsp3) is 0.400. The maximum absolute atomic E-state index is 12.7. The highest BCUT2D eigenvalue weighted by molar-refractivity contribution is 7.17. The number of rotatable bonds is 8. The van der Waals surface area contributed by atoms with Crippen LogP contribution in [0.5, 0.6) is 0 Å². The highest BCUT2D eigenvalue weighted by Gasteiger charge is 2.18. The number of nitrogens with one attached hydrogen (secondary N) is 3. The Hall–Kier alpha value is -2.93. The molecule has 0 fully saturated rings. The van der Waals surface area contributed by atoms with E-state index in [0.29, 0.717) is 16.8 Å². The van der Waals surface area contributed by atoms with E-state index in [9.17, 15) is 4.79 Å². The number of amidine groups is 1. The molecule has 3 N–H and O–H groups in total. The number of carbonyl (C=O) groups excluding carboxylic acids is 1. The standard InChI is InChI=1S/C25H35N5OS/c1-9-19(13-26-17(4)25(6,7)8)12-21(16(2)3)29-18(5)30-24(31)23-11-10-22(32-23)20-14-27-28-15-20/h10-15,17,26H,2,9H2,1,3-8H3,(H,27,28)(H,29,30,31)/b19-13+,21-12+. The summed E-state index contributed by atoms with van der Waals surface area (Å²) in [5, 5.41) is 13.1. The van der Waals surface area contributed by atoms with E-state index >= 15 is 0 Å². The van der Waals surface area contributed by atoms with Crippen LogP contribution < -0.4 is 10.6 Å². The predicted octanol–water partition coefficient (Wildman–Crippen LogP) is 6.06. The molecule has 0 spiro atoms. The number of hydrogen-bond acceptors (Lipinski definition) is 5. The van der Waals surface area contributed by atoms with E-state index in [0.717, 1.165) is 33.7 Å². The number of nitrogens with zero attached hydrogens (tertiary/aromatic N) is 2. The summed E-state index contributed by atoms with van der Waals surface area (Å²) in [6.07, 6.45) is 8.46. The molecule has 0 aromatic carbocycles. The van der Waals surface area contributed by atoms with Crippen LogP contribution in [0.2, 0.25) is 0 Å². The molecule has 2 aromatic rings. The maximum Gasteiger partial charge on any atom is 0.266 e. The summed E-state index contributed by atoms with van der Waals surface area (Å²) in [5.41, 5.74) is 3.81. The lowest BCUT2D eigenvalue weighted by Gasteiger charge is -2.27. The quantitative estimate of drug-likeness (QED) is 0.258. The van der Waals surface area contributed by atoms with Crippen LogP contribution in [0.15, 0.2) is 65.2 Å². The molecule has 0 bridgehead atoms. The van der Waals surface area contributed by atoms with Crippen LogP contribution in [0.4, 0.5) is 0 Å². The highest BCUT2D eigenvalue weighted by atomic mass is 32.1. The molecule has 32 heavy (non-hydrogen) atoms. The molecule has 1 unspecified atom stereocenters. The second kappa shape index (κ2) is 11.1. The summed E-state index contributed by atoms with van der Waals surface area (Å²) in [6.45, 7) is 18.7. The number of hydrogen-bond donors (Lipinski definition) is 3. The van der Waals surface area contributed by atoms with Gasteiger partial charge in [0.05, 0.1) is 16.8 Å². The zero-order valence-electron chi connectivity index (χ0n) is 20.2. The summed E-state index contributed by atoms with van der Waals surface area (Å²) in [6, 6.07) is 4.05. The van der Waals surface area contributed by atoms with Crippen LogP contribution in [0.3, 0.4) is 0 Å². The van der Waals surface area contributed by atoms with E-state index in [1.54, 1.807) is 19.3 Å². The molecule has 2 heterocycles. The third-order valence-corrected chi connectivity index (χ3v) is 6.31. The summed E-state index contributed by atoms with van der Waals surface area (Å²) in [5.74, 6) is 0.341. The van der Waals surface area contributed by atoms with Gasteiger partial charge in [0.15, 0.2) is 0 Å². The summed E-state index contributed by atoms with van der Waals surface area (Å²) >= 11 is 1.41. The predicted molar refractivity (Wildman–Crippen MR) is 136 cm³/mol. The second-order valence-corrected chi connectivity index (χ2v) is 10.0. The van der Waals surface area contributed by atoms with E-state index < -0.39 is 0 Å². The topological polar surface area (TPSA) is 82.2 Å². The van der Waals surface area contributed by atoms with Gasteiger partial charge in [0, 0.05) is 22.7 Å². The van der Waals surface area contributed by atoms with Crippen LogP contribution >= 0.6 is 11.3 Å². The number of H-pyrrole nitrogens is 1. The monoisotopic (exact) mass is 453 g/mol. The van der Waals surface area contributed by atoms with Crippen LogP contribution in [0, 0.1) is 5.41 Å². The summed E-state index contributed by atoms with van der Waals surface area (Å²) in [7, 11) is 0. The van der Waals surface area contributed by atoms with Gasteiger partial charge in [-0.25, -0.2) is 4.99 Å². The normalized spacial score (nSPS) is 14.3. The van der Waals surface area contributed by atoms with Gasteiger partial charge >= 0.3 is 0 Å². The minimum atomic E-state index is -0.181. The molecular formula is C25H35N5OS. The van der Waals surface area contributed by atoms with E-state index in [4.69, 9.17) is 0 Å². The largest absolute Gasteiger partial charge is 0.388 e. The molecule has 2 aromatic heterocycles. The Balaban J connectivity index is 2.14. The molecule has 7 heteroatoms. The van der Waals surface area contributed by atoms with Gasteiger partial charge in [-0.3, -0.25) is 9.89 Å². The number of aromatic nitrogens is 2. The van der Waals surface area contributed by atoms with Crippen molar-refractivity contribution in [2.45, 2.75) is 60.9 Å². The summed E-state index contributed by atoms with van der Waals surface area (Å²) in [4.78, 5) is 18.9. The second-order valence-electron chi connectivity index (χ2n) is 8.94. The number of carbonyl (C=O) groups is 1. The average Bonchev–Trinajstić information content (AvgIpc) is 3.40. The first-order valence-corrected chi connectivity index (χ1v) is 11.6. The van der Waals surface area contributed by atoms with Gasteiger partial charge in [-0.15, -0.1) is 11.3 Å². The van der Waals surface area contributed by atoms with Crippen molar-refractivity contribution in [2.75, 3.05) is 0 Å². The van der Waals surface area contributed by atoms with Crippen LogP contribution in [-0.4, -0.2) is 28.0 Å². The summed E-state index contributed by atoms with van der Waals surface area (Å²) < 4.78 is 0. The molecule has 0 saturated heterocycles. The van der Waals surface area contributed by atoms with Gasteiger partial charge in [-0.1, -0.05) is 34.3 Å². The Morgan fingerprint density at radius 2 is 2.06 bits per heavy atom. The number of allylic oxidation sites excluding steroid dienone is 3. The van der Waals surface area contributed by atoms with Gasteiger partial charge in [0.2, 0.25) is 0 Å². The van der Waals surface area contributed by atoms with Crippen LogP contribution in [0.1, 0.15) is 64.6 Å². The van der Waals surface area contributed by atoms with Crippen molar-refractivity contribution in [3.63, 3.8) is 0 Å². The molecule has 1 amide bonds. The molecule has 0 aliphatic rings. The third-order valence-electron chi connectivity index (χ3n) is 5.18. The maximum atomic E-state index is 12.7. The lowest BCUT2D eigenvalue weighted by Crippen LogP contribution is -2.34. The SMILES string of the molecule is C=C(C)/C(=C\C(=C\NC(C)C(C)(C)C)CC)N=C(C)NC(=O)c1ccc(-c2cn[nH]c2)s1. The lowest BCUT2D eigenvalue weighted by molar-refractivity contribution is 0.0981. The Morgan fingerprint density at radius 3 is 2.62 bits per heavy atom. The van der Waals surface area contributed by atoms with Crippen molar-refractivity contribution in [3.8, 4) is 10.4 Å². The van der Waals surface area contributed by atoms with Crippen molar-refractivity contribution >= 4 is 23.1 Å². The fourth-order valence-electron chi connectivity index (χ4n) is 2.59. The zero-order valence-corrected chi connectivity index (χ0v) is 21.0. The van der Waals surface area contributed by atoms with Crippen molar-refractivity contribution in [3.05, 3.63) is 65.1 Å². The Morgan fingerprint density at radius 1 is 1.34 bits per heavy atom. The number of aromatic amines is 1. The minimum absolute atomic E-state index is 0.161. The van der Waals surface area contributed by atoms with Gasteiger partial charge in [0.25, 0.3) is 5.91 Å². The van der Waals surface area contributed by atoms with E-state index in [-0.39, 0.29) is 11.3 Å². The van der Waals surface area contributed by atoms with Gasteiger partial charge in [0.1, 0.15) is 5.84 Å². The Bertz CT molecular complexity index is 1020. The number of amides is 1. The lowest BCUT2D eigenvalue weighted by atomic mass is 9.88. The first-order chi connectivity index (χ1) is 15.0. The first-order valence-electron chi connectivity index (χ1n) is 10.8. The van der Waals surface area contributed by atoms with Gasteiger partial charge < -0.3 is 10.6 Å². The Labute approximate surface area is 195 Å². The average molecular weight is 454 g/mol. The van der Waals surface area contributed by atoms with Crippen LogP contribution in [0.25, 0.3) is 10.4 Å². The van der Waals surface area contributed by atoms with Crippen molar-refractivity contribution in [1.82, 2.24) is 20.8 Å². The van der Waals surface area contributed by atoms with Crippen molar-refractivity contribution < 1.29 is 4.79 Å². The molecule has 1 atom stereocenters. The zero-order chi connectivity index (χ0) is 23.9. The molecule has 2 rings (SSSR count). The molecule has 172 valence electrons. The van der Waals surface area contributed by atoms with E-state index in [1.807, 2.05) is 31.3 Å². The van der Waals surface area contributed by atoms with Crippen molar-refractivity contribution in [2.24, 2.45) is 10.4 Å². The first kappa shape index (κ1) is 25.3. The molecule has 6 nitrogen and oxygen atoms in total. The Kier molecular flexibility index (Phi) is 8.78. The van der Waals surface area contributed by atoms with Crippen LogP contribution in [-0.2, 0) is 0 Å². The van der Waals surface area contributed by atoms with Gasteiger partial charge in [-0.2, -0.15) is 5.10 Å².